The van der Waals surface area contributed by atoms with Gasteiger partial charge >= 0.3 is 0 Å². The first-order valence-electron chi connectivity index (χ1n) is 9.65. The summed E-state index contributed by atoms with van der Waals surface area (Å²) >= 11 is 0. The van der Waals surface area contributed by atoms with Gasteiger partial charge in [-0.3, -0.25) is 4.79 Å². The minimum atomic E-state index is -0.420. The van der Waals surface area contributed by atoms with Crippen molar-refractivity contribution in [1.82, 2.24) is 10.6 Å². The Labute approximate surface area is 172 Å². The van der Waals surface area contributed by atoms with Crippen molar-refractivity contribution in [1.29, 1.82) is 0 Å². The van der Waals surface area contributed by atoms with Crippen LogP contribution in [0.2, 0.25) is 0 Å². The van der Waals surface area contributed by atoms with Crippen molar-refractivity contribution in [3.8, 4) is 5.75 Å². The van der Waals surface area contributed by atoms with Crippen LogP contribution in [0, 0.1) is 0 Å². The molecule has 2 aromatic rings. The third-order valence-corrected chi connectivity index (χ3v) is 4.76. The SMILES string of the molecule is Cl.O=C(NCCc1cccc(OCCCc2ccccc2)c1)C1CC(O)CN1. The number of hydrogen-bond donors (Lipinski definition) is 3. The molecular formula is C22H29ClN2O3. The van der Waals surface area contributed by atoms with Crippen LogP contribution in [0.15, 0.2) is 54.6 Å². The zero-order chi connectivity index (χ0) is 18.9. The number of carbonyl (C=O) groups excluding carboxylic acids is 1. The molecule has 0 bridgehead atoms. The Morgan fingerprint density at radius 1 is 1.11 bits per heavy atom. The number of aliphatic hydroxyl groups is 1. The molecule has 1 fully saturated rings. The third kappa shape index (κ3) is 7.15. The Bertz CT molecular complexity index is 727. The Morgan fingerprint density at radius 2 is 1.89 bits per heavy atom. The molecular weight excluding hydrogens is 376 g/mol. The first kappa shape index (κ1) is 22.2. The molecule has 1 heterocycles. The van der Waals surface area contributed by atoms with Crippen LogP contribution in [0.1, 0.15) is 24.0 Å². The number of β-amino-alcohol motifs (C(OH)–C–C–N with tert-alkyl or cyclic N) is 1. The quantitative estimate of drug-likeness (QED) is 0.561. The van der Waals surface area contributed by atoms with E-state index < -0.39 is 6.10 Å². The second-order valence-electron chi connectivity index (χ2n) is 6.98. The minimum absolute atomic E-state index is 0. The molecule has 2 unspecified atom stereocenters. The van der Waals surface area contributed by atoms with Crippen LogP contribution in [0.5, 0.6) is 5.75 Å². The Kier molecular flexibility index (Phi) is 9.28. The van der Waals surface area contributed by atoms with E-state index in [0.29, 0.717) is 26.1 Å². The van der Waals surface area contributed by atoms with E-state index in [1.807, 2.05) is 30.3 Å². The van der Waals surface area contributed by atoms with Gasteiger partial charge < -0.3 is 20.5 Å². The number of rotatable bonds is 9. The van der Waals surface area contributed by atoms with E-state index in [0.717, 1.165) is 30.6 Å². The Hall–Kier alpha value is -2.08. The molecule has 0 aromatic heterocycles. The highest BCUT2D eigenvalue weighted by Gasteiger charge is 2.27. The maximum absolute atomic E-state index is 12.0. The number of aryl methyl sites for hydroxylation is 1. The molecule has 0 saturated carbocycles. The average Bonchev–Trinajstić information content (AvgIpc) is 3.13. The van der Waals surface area contributed by atoms with Crippen LogP contribution in [0.25, 0.3) is 0 Å². The molecule has 3 rings (SSSR count). The Balaban J connectivity index is 0.00000280. The lowest BCUT2D eigenvalue weighted by Crippen LogP contribution is -2.41. The number of nitrogens with one attached hydrogen (secondary N) is 2. The van der Waals surface area contributed by atoms with Gasteiger partial charge in [0.25, 0.3) is 0 Å². The van der Waals surface area contributed by atoms with Gasteiger partial charge in [0, 0.05) is 13.1 Å². The molecule has 1 amide bonds. The van der Waals surface area contributed by atoms with Gasteiger partial charge in [-0.2, -0.15) is 0 Å². The fourth-order valence-corrected chi connectivity index (χ4v) is 3.27. The normalized spacial score (nSPS) is 18.3. The molecule has 0 radical (unpaired) electrons. The summed E-state index contributed by atoms with van der Waals surface area (Å²) in [4.78, 5) is 12.0. The van der Waals surface area contributed by atoms with E-state index >= 15 is 0 Å². The van der Waals surface area contributed by atoms with Crippen molar-refractivity contribution in [2.45, 2.75) is 37.8 Å². The van der Waals surface area contributed by atoms with E-state index in [4.69, 9.17) is 4.74 Å². The lowest BCUT2D eigenvalue weighted by atomic mass is 10.1. The first-order chi connectivity index (χ1) is 13.2. The smallest absolute Gasteiger partial charge is 0.237 e. The van der Waals surface area contributed by atoms with Crippen LogP contribution in [-0.4, -0.2) is 42.9 Å². The summed E-state index contributed by atoms with van der Waals surface area (Å²) in [6.45, 7) is 1.75. The van der Waals surface area contributed by atoms with Crippen LogP contribution >= 0.6 is 12.4 Å². The maximum Gasteiger partial charge on any atom is 0.237 e. The molecule has 0 aliphatic carbocycles. The predicted molar refractivity (Wildman–Crippen MR) is 113 cm³/mol. The van der Waals surface area contributed by atoms with Crippen molar-refractivity contribution in [2.24, 2.45) is 0 Å². The predicted octanol–water partition coefficient (Wildman–Crippen LogP) is 2.50. The fourth-order valence-electron chi connectivity index (χ4n) is 3.27. The topological polar surface area (TPSA) is 70.6 Å². The molecule has 2 atom stereocenters. The number of benzene rings is 2. The first-order valence-corrected chi connectivity index (χ1v) is 9.65. The lowest BCUT2D eigenvalue weighted by molar-refractivity contribution is -0.122. The maximum atomic E-state index is 12.0. The molecule has 1 aliphatic heterocycles. The number of carbonyl (C=O) groups is 1. The van der Waals surface area contributed by atoms with Gasteiger partial charge in [0.15, 0.2) is 0 Å². The highest BCUT2D eigenvalue weighted by molar-refractivity contribution is 5.85. The molecule has 2 aromatic carbocycles. The van der Waals surface area contributed by atoms with E-state index in [1.54, 1.807) is 0 Å². The summed E-state index contributed by atoms with van der Waals surface area (Å²) in [5, 5.41) is 15.4. The number of halogens is 1. The average molecular weight is 405 g/mol. The number of ether oxygens (including phenoxy) is 1. The third-order valence-electron chi connectivity index (χ3n) is 4.76. The van der Waals surface area contributed by atoms with Gasteiger partial charge in [-0.25, -0.2) is 0 Å². The van der Waals surface area contributed by atoms with Crippen LogP contribution in [0.4, 0.5) is 0 Å². The molecule has 0 spiro atoms. The summed E-state index contributed by atoms with van der Waals surface area (Å²) < 4.78 is 5.86. The molecule has 5 nitrogen and oxygen atoms in total. The highest BCUT2D eigenvalue weighted by Crippen LogP contribution is 2.14. The van der Waals surface area contributed by atoms with Gasteiger partial charge in [-0.05, 0) is 48.9 Å². The Morgan fingerprint density at radius 3 is 2.64 bits per heavy atom. The summed E-state index contributed by atoms with van der Waals surface area (Å²) in [6.07, 6.45) is 2.80. The molecule has 3 N–H and O–H groups in total. The molecule has 152 valence electrons. The highest BCUT2D eigenvalue weighted by atomic mass is 35.5. The summed E-state index contributed by atoms with van der Waals surface area (Å²) in [5.41, 5.74) is 2.46. The second kappa shape index (κ2) is 11.7. The number of aliphatic hydroxyl groups excluding tert-OH is 1. The number of amides is 1. The summed E-state index contributed by atoms with van der Waals surface area (Å²) in [7, 11) is 0. The summed E-state index contributed by atoms with van der Waals surface area (Å²) in [6, 6.07) is 18.2. The van der Waals surface area contributed by atoms with E-state index in [2.05, 4.69) is 34.9 Å². The van der Waals surface area contributed by atoms with E-state index in [1.165, 1.54) is 5.56 Å². The fraction of sp³-hybridized carbons (Fsp3) is 0.409. The van der Waals surface area contributed by atoms with Crippen LogP contribution in [0.3, 0.4) is 0 Å². The number of hydrogen-bond acceptors (Lipinski definition) is 4. The molecule has 6 heteroatoms. The van der Waals surface area contributed by atoms with E-state index in [9.17, 15) is 9.90 Å². The van der Waals surface area contributed by atoms with E-state index in [-0.39, 0.29) is 24.4 Å². The van der Waals surface area contributed by atoms with Crippen LogP contribution in [-0.2, 0) is 17.6 Å². The summed E-state index contributed by atoms with van der Waals surface area (Å²) in [5.74, 6) is 0.826. The van der Waals surface area contributed by atoms with Gasteiger partial charge in [0.2, 0.25) is 5.91 Å². The zero-order valence-electron chi connectivity index (χ0n) is 16.0. The largest absolute Gasteiger partial charge is 0.494 e. The van der Waals surface area contributed by atoms with Crippen molar-refractivity contribution >= 4 is 18.3 Å². The minimum Gasteiger partial charge on any atom is -0.494 e. The van der Waals surface area contributed by atoms with Gasteiger partial charge in [0.05, 0.1) is 18.8 Å². The van der Waals surface area contributed by atoms with Crippen molar-refractivity contribution in [3.63, 3.8) is 0 Å². The zero-order valence-corrected chi connectivity index (χ0v) is 16.8. The van der Waals surface area contributed by atoms with Gasteiger partial charge in [-0.1, -0.05) is 42.5 Å². The van der Waals surface area contributed by atoms with Gasteiger partial charge in [-0.15, -0.1) is 12.4 Å². The van der Waals surface area contributed by atoms with Crippen molar-refractivity contribution < 1.29 is 14.6 Å². The van der Waals surface area contributed by atoms with Crippen molar-refractivity contribution in [3.05, 3.63) is 65.7 Å². The second-order valence-corrected chi connectivity index (χ2v) is 6.98. The van der Waals surface area contributed by atoms with Gasteiger partial charge in [0.1, 0.15) is 5.75 Å². The van der Waals surface area contributed by atoms with Crippen LogP contribution < -0.4 is 15.4 Å². The lowest BCUT2D eigenvalue weighted by Gasteiger charge is -2.12. The molecule has 1 aliphatic rings. The monoisotopic (exact) mass is 404 g/mol. The van der Waals surface area contributed by atoms with Crippen molar-refractivity contribution in [2.75, 3.05) is 19.7 Å². The molecule has 28 heavy (non-hydrogen) atoms. The molecule has 1 saturated heterocycles. The standard InChI is InChI=1S/C22H28N2O3.ClH/c25-19-15-21(24-16-19)22(26)23-12-11-18-8-4-10-20(14-18)27-13-5-9-17-6-2-1-3-7-17;/h1-4,6-8,10,14,19,21,24-25H,5,9,11-13,15-16H2,(H,23,26);1H.